The smallest absolute Gasteiger partial charge is 0.341 e. The van der Waals surface area contributed by atoms with Crippen LogP contribution in [-0.4, -0.2) is 27.3 Å². The van der Waals surface area contributed by atoms with Crippen LogP contribution >= 0.6 is 11.8 Å². The summed E-state index contributed by atoms with van der Waals surface area (Å²) in [5, 5.41) is 4.56. The molecule has 2 aromatic heterocycles. The van der Waals surface area contributed by atoms with Gasteiger partial charge in [-0.05, 0) is 30.9 Å². The molecule has 0 radical (unpaired) electrons. The number of rotatable bonds is 5. The average Bonchev–Trinajstić information content (AvgIpc) is 3.08. The van der Waals surface area contributed by atoms with E-state index in [1.807, 2.05) is 37.4 Å². The molecule has 2 heterocycles. The van der Waals surface area contributed by atoms with Crippen LogP contribution in [0, 0.1) is 6.92 Å². The van der Waals surface area contributed by atoms with Crippen molar-refractivity contribution in [3.63, 3.8) is 0 Å². The lowest BCUT2D eigenvalue weighted by Crippen LogP contribution is -2.07. The highest BCUT2D eigenvalue weighted by molar-refractivity contribution is 7.98. The van der Waals surface area contributed by atoms with Crippen LogP contribution in [-0.2, 0) is 11.3 Å². The first kappa shape index (κ1) is 16.2. The SMILES string of the molecule is CSc1ncccc1C(=O)OCc1nc(-c2ccccc2C)no1. The van der Waals surface area contributed by atoms with Crippen molar-refractivity contribution in [2.45, 2.75) is 18.6 Å². The fourth-order valence-electron chi connectivity index (χ4n) is 2.16. The Morgan fingerprint density at radius 1 is 1.25 bits per heavy atom. The van der Waals surface area contributed by atoms with Crippen LogP contribution in [0.2, 0.25) is 0 Å². The third-order valence-electron chi connectivity index (χ3n) is 3.37. The van der Waals surface area contributed by atoms with Gasteiger partial charge in [0.15, 0.2) is 6.61 Å². The van der Waals surface area contributed by atoms with Crippen molar-refractivity contribution in [1.82, 2.24) is 15.1 Å². The van der Waals surface area contributed by atoms with Gasteiger partial charge in [-0.1, -0.05) is 29.4 Å². The number of benzene rings is 1. The largest absolute Gasteiger partial charge is 0.452 e. The van der Waals surface area contributed by atoms with Gasteiger partial charge in [0.1, 0.15) is 5.03 Å². The minimum Gasteiger partial charge on any atom is -0.452 e. The van der Waals surface area contributed by atoms with Crippen molar-refractivity contribution < 1.29 is 14.1 Å². The Balaban J connectivity index is 1.70. The maximum Gasteiger partial charge on any atom is 0.341 e. The molecule has 0 aliphatic rings. The Labute approximate surface area is 143 Å². The molecule has 7 heteroatoms. The van der Waals surface area contributed by atoms with E-state index in [9.17, 15) is 4.79 Å². The molecule has 0 unspecified atom stereocenters. The average molecular weight is 341 g/mol. The Hall–Kier alpha value is -2.67. The van der Waals surface area contributed by atoms with E-state index in [1.165, 1.54) is 11.8 Å². The first-order valence-corrected chi connectivity index (χ1v) is 8.46. The molecule has 0 N–H and O–H groups in total. The third-order valence-corrected chi connectivity index (χ3v) is 4.08. The zero-order valence-electron chi connectivity index (χ0n) is 13.2. The summed E-state index contributed by atoms with van der Waals surface area (Å²) in [5.74, 6) is 0.254. The number of hydrogen-bond donors (Lipinski definition) is 0. The molecule has 0 spiro atoms. The zero-order valence-corrected chi connectivity index (χ0v) is 14.0. The van der Waals surface area contributed by atoms with Gasteiger partial charge in [0.25, 0.3) is 5.89 Å². The minimum atomic E-state index is -0.469. The van der Waals surface area contributed by atoms with E-state index in [2.05, 4.69) is 15.1 Å². The number of aromatic nitrogens is 3. The highest BCUT2D eigenvalue weighted by Crippen LogP contribution is 2.21. The topological polar surface area (TPSA) is 78.1 Å². The molecule has 0 aliphatic carbocycles. The van der Waals surface area contributed by atoms with Crippen molar-refractivity contribution in [2.24, 2.45) is 0 Å². The van der Waals surface area contributed by atoms with Crippen LogP contribution in [0.4, 0.5) is 0 Å². The fraction of sp³-hybridized carbons (Fsp3) is 0.176. The van der Waals surface area contributed by atoms with Crippen LogP contribution in [0.25, 0.3) is 11.4 Å². The van der Waals surface area contributed by atoms with Gasteiger partial charge < -0.3 is 9.26 Å². The molecule has 24 heavy (non-hydrogen) atoms. The molecular formula is C17H15N3O3S. The fourth-order valence-corrected chi connectivity index (χ4v) is 2.70. The molecule has 3 aromatic rings. The predicted molar refractivity (Wildman–Crippen MR) is 89.6 cm³/mol. The van der Waals surface area contributed by atoms with Crippen molar-refractivity contribution in [2.75, 3.05) is 6.26 Å². The second-order valence-electron chi connectivity index (χ2n) is 4.96. The first-order valence-electron chi connectivity index (χ1n) is 7.23. The normalized spacial score (nSPS) is 10.6. The van der Waals surface area contributed by atoms with Gasteiger partial charge in [0.2, 0.25) is 5.82 Å². The van der Waals surface area contributed by atoms with Crippen LogP contribution in [0.1, 0.15) is 21.8 Å². The lowest BCUT2D eigenvalue weighted by molar-refractivity contribution is 0.0425. The molecule has 6 nitrogen and oxygen atoms in total. The summed E-state index contributed by atoms with van der Waals surface area (Å²) in [6, 6.07) is 11.1. The van der Waals surface area contributed by atoms with Crippen LogP contribution in [0.5, 0.6) is 0 Å². The summed E-state index contributed by atoms with van der Waals surface area (Å²) in [6.45, 7) is 1.89. The third kappa shape index (κ3) is 3.46. The van der Waals surface area contributed by atoms with Gasteiger partial charge in [-0.3, -0.25) is 0 Å². The van der Waals surface area contributed by atoms with Gasteiger partial charge in [-0.25, -0.2) is 9.78 Å². The van der Waals surface area contributed by atoms with Crippen molar-refractivity contribution in [3.05, 3.63) is 59.6 Å². The Bertz CT molecular complexity index is 864. The minimum absolute atomic E-state index is 0.0829. The van der Waals surface area contributed by atoms with Crippen molar-refractivity contribution in [1.29, 1.82) is 0 Å². The highest BCUT2D eigenvalue weighted by Gasteiger charge is 2.16. The Morgan fingerprint density at radius 2 is 2.08 bits per heavy atom. The quantitative estimate of drug-likeness (QED) is 0.519. The number of hydrogen-bond acceptors (Lipinski definition) is 7. The van der Waals surface area contributed by atoms with E-state index in [-0.39, 0.29) is 12.5 Å². The molecule has 0 saturated heterocycles. The number of carbonyl (C=O) groups excluding carboxylic acids is 1. The number of carbonyl (C=O) groups is 1. The molecule has 0 saturated carbocycles. The molecule has 0 atom stereocenters. The Morgan fingerprint density at radius 3 is 2.88 bits per heavy atom. The van der Waals surface area contributed by atoms with Gasteiger partial charge in [0.05, 0.1) is 5.56 Å². The summed E-state index contributed by atoms with van der Waals surface area (Å²) in [7, 11) is 0. The summed E-state index contributed by atoms with van der Waals surface area (Å²) >= 11 is 1.39. The molecular weight excluding hydrogens is 326 g/mol. The standard InChI is InChI=1S/C17H15N3O3S/c1-11-6-3-4-7-12(11)15-19-14(23-20-15)10-22-17(21)13-8-5-9-18-16(13)24-2/h3-9H,10H2,1-2H3. The summed E-state index contributed by atoms with van der Waals surface area (Å²) < 4.78 is 10.4. The van der Waals surface area contributed by atoms with Gasteiger partial charge >= 0.3 is 5.97 Å². The molecule has 0 bridgehead atoms. The second-order valence-corrected chi connectivity index (χ2v) is 5.76. The van der Waals surface area contributed by atoms with Crippen LogP contribution in [0.15, 0.2) is 52.1 Å². The number of thioether (sulfide) groups is 1. The maximum atomic E-state index is 12.2. The highest BCUT2D eigenvalue weighted by atomic mass is 32.2. The lowest BCUT2D eigenvalue weighted by atomic mass is 10.1. The molecule has 0 aliphatic heterocycles. The summed E-state index contributed by atoms with van der Waals surface area (Å²) in [4.78, 5) is 20.6. The van der Waals surface area contributed by atoms with E-state index >= 15 is 0 Å². The molecule has 3 rings (SSSR count). The molecule has 0 amide bonds. The molecule has 122 valence electrons. The monoisotopic (exact) mass is 341 g/mol. The zero-order chi connectivity index (χ0) is 16.9. The van der Waals surface area contributed by atoms with E-state index in [1.54, 1.807) is 18.3 Å². The van der Waals surface area contributed by atoms with Gasteiger partial charge in [0, 0.05) is 11.8 Å². The Kier molecular flexibility index (Phi) is 4.90. The summed E-state index contributed by atoms with van der Waals surface area (Å²) in [6.07, 6.45) is 3.49. The van der Waals surface area contributed by atoms with Gasteiger partial charge in [-0.15, -0.1) is 11.8 Å². The second kappa shape index (κ2) is 7.27. The maximum absolute atomic E-state index is 12.2. The summed E-state index contributed by atoms with van der Waals surface area (Å²) in [5.41, 5.74) is 2.35. The number of pyridine rings is 1. The van der Waals surface area contributed by atoms with Crippen LogP contribution < -0.4 is 0 Å². The van der Waals surface area contributed by atoms with Crippen molar-refractivity contribution in [3.8, 4) is 11.4 Å². The van der Waals surface area contributed by atoms with E-state index in [0.717, 1.165) is 11.1 Å². The van der Waals surface area contributed by atoms with Gasteiger partial charge in [-0.2, -0.15) is 4.98 Å². The first-order chi connectivity index (χ1) is 11.7. The number of aryl methyl sites for hydroxylation is 1. The van der Waals surface area contributed by atoms with E-state index < -0.39 is 5.97 Å². The lowest BCUT2D eigenvalue weighted by Gasteiger charge is -2.05. The van der Waals surface area contributed by atoms with E-state index in [4.69, 9.17) is 9.26 Å². The number of ether oxygens (including phenoxy) is 1. The van der Waals surface area contributed by atoms with E-state index in [0.29, 0.717) is 16.4 Å². The predicted octanol–water partition coefficient (Wildman–Crippen LogP) is 3.52. The van der Waals surface area contributed by atoms with Crippen molar-refractivity contribution >= 4 is 17.7 Å². The molecule has 0 fully saturated rings. The number of esters is 1. The molecule has 1 aromatic carbocycles. The van der Waals surface area contributed by atoms with Crippen LogP contribution in [0.3, 0.4) is 0 Å². The number of nitrogens with zero attached hydrogens (tertiary/aromatic N) is 3.